The minimum atomic E-state index is -1.02. The van der Waals surface area contributed by atoms with E-state index in [4.69, 9.17) is 9.47 Å². The standard InChI is InChI=1S/C22H20FNO5S/c1-3-28-21(26)14(2)24-20(25)19(30-22(24)27)12-15-8-5-7-11-18(15)29-13-16-9-4-6-10-17(16)23/h4-12,14H,3,13H2,1-2H3/b19-12+/t14-/m1/s1. The zero-order chi connectivity index (χ0) is 21.7. The predicted molar refractivity (Wildman–Crippen MR) is 111 cm³/mol. The summed E-state index contributed by atoms with van der Waals surface area (Å²) in [4.78, 5) is 38.0. The van der Waals surface area contributed by atoms with E-state index >= 15 is 0 Å². The van der Waals surface area contributed by atoms with E-state index in [0.29, 0.717) is 16.9 Å². The highest BCUT2D eigenvalue weighted by Crippen LogP contribution is 2.35. The van der Waals surface area contributed by atoms with Crippen LogP contribution in [-0.4, -0.2) is 34.7 Å². The van der Waals surface area contributed by atoms with Crippen LogP contribution in [0.4, 0.5) is 9.18 Å². The SMILES string of the molecule is CCOC(=O)[C@@H](C)N1C(=O)S/C(=C/c2ccccc2OCc2ccccc2F)C1=O. The summed E-state index contributed by atoms with van der Waals surface area (Å²) in [5.74, 6) is -1.15. The van der Waals surface area contributed by atoms with Crippen LogP contribution in [0, 0.1) is 5.82 Å². The van der Waals surface area contributed by atoms with E-state index in [1.165, 1.54) is 19.1 Å². The van der Waals surface area contributed by atoms with Crippen LogP contribution in [0.1, 0.15) is 25.0 Å². The number of nitrogens with zero attached hydrogens (tertiary/aromatic N) is 1. The first-order valence-corrected chi connectivity index (χ1v) is 10.1. The van der Waals surface area contributed by atoms with Gasteiger partial charge in [0.25, 0.3) is 11.1 Å². The molecule has 8 heteroatoms. The van der Waals surface area contributed by atoms with E-state index < -0.39 is 23.2 Å². The number of imide groups is 1. The lowest BCUT2D eigenvalue weighted by Gasteiger charge is -2.19. The molecule has 30 heavy (non-hydrogen) atoms. The van der Waals surface area contributed by atoms with Gasteiger partial charge in [-0.3, -0.25) is 14.5 Å². The van der Waals surface area contributed by atoms with Gasteiger partial charge >= 0.3 is 5.97 Å². The first kappa shape index (κ1) is 21.6. The number of esters is 1. The van der Waals surface area contributed by atoms with Crippen LogP contribution < -0.4 is 4.74 Å². The van der Waals surface area contributed by atoms with Crippen molar-refractivity contribution in [3.63, 3.8) is 0 Å². The number of thioether (sulfide) groups is 1. The second-order valence-corrected chi connectivity index (χ2v) is 7.39. The molecule has 0 bridgehead atoms. The normalized spacial score (nSPS) is 16.1. The summed E-state index contributed by atoms with van der Waals surface area (Å²) in [6, 6.07) is 12.2. The molecule has 6 nitrogen and oxygen atoms in total. The Labute approximate surface area is 177 Å². The van der Waals surface area contributed by atoms with Gasteiger partial charge in [0.2, 0.25) is 0 Å². The minimum Gasteiger partial charge on any atom is -0.488 e. The van der Waals surface area contributed by atoms with Gasteiger partial charge in [-0.2, -0.15) is 0 Å². The van der Waals surface area contributed by atoms with Crippen LogP contribution in [-0.2, 0) is 20.9 Å². The van der Waals surface area contributed by atoms with Crippen LogP contribution >= 0.6 is 11.8 Å². The number of para-hydroxylation sites is 1. The number of carbonyl (C=O) groups is 3. The highest BCUT2D eigenvalue weighted by Gasteiger charge is 2.41. The molecule has 0 saturated carbocycles. The molecule has 1 heterocycles. The lowest BCUT2D eigenvalue weighted by Crippen LogP contribution is -2.42. The Bertz CT molecular complexity index is 1010. The van der Waals surface area contributed by atoms with E-state index in [1.54, 1.807) is 49.4 Å². The van der Waals surface area contributed by atoms with E-state index in [9.17, 15) is 18.8 Å². The maximum Gasteiger partial charge on any atom is 0.329 e. The van der Waals surface area contributed by atoms with Crippen LogP contribution in [0.3, 0.4) is 0 Å². The Balaban J connectivity index is 1.80. The summed E-state index contributed by atoms with van der Waals surface area (Å²) in [7, 11) is 0. The first-order chi connectivity index (χ1) is 14.4. The highest BCUT2D eigenvalue weighted by molar-refractivity contribution is 8.18. The van der Waals surface area contributed by atoms with Gasteiger partial charge in [0.05, 0.1) is 11.5 Å². The Kier molecular flexibility index (Phi) is 6.89. The molecule has 1 atom stereocenters. The minimum absolute atomic E-state index is 0.0128. The Morgan fingerprint density at radius 1 is 1.17 bits per heavy atom. The second-order valence-electron chi connectivity index (χ2n) is 6.40. The lowest BCUT2D eigenvalue weighted by atomic mass is 10.1. The third kappa shape index (κ3) is 4.71. The van der Waals surface area contributed by atoms with E-state index in [2.05, 4.69) is 0 Å². The highest BCUT2D eigenvalue weighted by atomic mass is 32.2. The Morgan fingerprint density at radius 2 is 1.87 bits per heavy atom. The van der Waals surface area contributed by atoms with E-state index in [1.807, 2.05) is 0 Å². The van der Waals surface area contributed by atoms with Crippen LogP contribution in [0.25, 0.3) is 6.08 Å². The number of ether oxygens (including phenoxy) is 2. The van der Waals surface area contributed by atoms with Gasteiger partial charge in [-0.1, -0.05) is 36.4 Å². The maximum atomic E-state index is 13.8. The van der Waals surface area contributed by atoms with Gasteiger partial charge in [-0.15, -0.1) is 0 Å². The zero-order valence-electron chi connectivity index (χ0n) is 16.5. The van der Waals surface area contributed by atoms with Gasteiger partial charge in [0.1, 0.15) is 24.2 Å². The number of benzene rings is 2. The molecule has 2 aromatic carbocycles. The molecule has 2 amide bonds. The van der Waals surface area contributed by atoms with Crippen molar-refractivity contribution in [1.29, 1.82) is 0 Å². The molecule has 1 saturated heterocycles. The van der Waals surface area contributed by atoms with Crippen molar-refractivity contribution in [2.24, 2.45) is 0 Å². The molecule has 0 N–H and O–H groups in total. The van der Waals surface area contributed by atoms with Crippen molar-refractivity contribution in [3.05, 3.63) is 70.4 Å². The summed E-state index contributed by atoms with van der Waals surface area (Å²) in [5.41, 5.74) is 0.957. The fraction of sp³-hybridized carbons (Fsp3) is 0.227. The summed E-state index contributed by atoms with van der Waals surface area (Å²) < 4.78 is 24.5. The molecule has 0 aromatic heterocycles. The number of hydrogen-bond donors (Lipinski definition) is 0. The fourth-order valence-corrected chi connectivity index (χ4v) is 3.72. The number of amides is 2. The van der Waals surface area contributed by atoms with Crippen molar-refractivity contribution < 1.29 is 28.2 Å². The van der Waals surface area contributed by atoms with Gasteiger partial charge in [-0.25, -0.2) is 9.18 Å². The quantitative estimate of drug-likeness (QED) is 0.480. The van der Waals surface area contributed by atoms with Crippen molar-refractivity contribution in [1.82, 2.24) is 4.90 Å². The number of rotatable bonds is 7. The maximum absolute atomic E-state index is 13.8. The number of carbonyl (C=O) groups excluding carboxylic acids is 3. The summed E-state index contributed by atoms with van der Waals surface area (Å²) >= 11 is 0.741. The van der Waals surface area contributed by atoms with Crippen molar-refractivity contribution in [3.8, 4) is 5.75 Å². The Hall–Kier alpha value is -3.13. The first-order valence-electron chi connectivity index (χ1n) is 9.31. The summed E-state index contributed by atoms with van der Waals surface area (Å²) in [6.07, 6.45) is 1.53. The second kappa shape index (κ2) is 9.58. The van der Waals surface area contributed by atoms with Gasteiger partial charge in [0.15, 0.2) is 0 Å². The molecular weight excluding hydrogens is 409 g/mol. The van der Waals surface area contributed by atoms with Crippen molar-refractivity contribution in [2.75, 3.05) is 6.61 Å². The monoisotopic (exact) mass is 429 g/mol. The molecule has 2 aromatic rings. The molecule has 0 unspecified atom stereocenters. The lowest BCUT2D eigenvalue weighted by molar-refractivity contribution is -0.150. The van der Waals surface area contributed by atoms with Crippen LogP contribution in [0.2, 0.25) is 0 Å². The smallest absolute Gasteiger partial charge is 0.329 e. The molecular formula is C22H20FNO5S. The summed E-state index contributed by atoms with van der Waals surface area (Å²) in [5, 5.41) is -0.545. The zero-order valence-corrected chi connectivity index (χ0v) is 17.3. The van der Waals surface area contributed by atoms with Crippen molar-refractivity contribution >= 4 is 35.0 Å². The number of hydrogen-bond acceptors (Lipinski definition) is 6. The average Bonchev–Trinajstić information content (AvgIpc) is 3.01. The molecule has 1 fully saturated rings. The van der Waals surface area contributed by atoms with Gasteiger partial charge < -0.3 is 9.47 Å². The van der Waals surface area contributed by atoms with Crippen molar-refractivity contribution in [2.45, 2.75) is 26.5 Å². The van der Waals surface area contributed by atoms with Crippen LogP contribution in [0.5, 0.6) is 5.75 Å². The van der Waals surface area contributed by atoms with Crippen LogP contribution in [0.15, 0.2) is 53.4 Å². The van der Waals surface area contributed by atoms with E-state index in [0.717, 1.165) is 16.7 Å². The number of halogens is 1. The average molecular weight is 429 g/mol. The largest absolute Gasteiger partial charge is 0.488 e. The molecule has 1 aliphatic heterocycles. The molecule has 1 aliphatic rings. The van der Waals surface area contributed by atoms with E-state index in [-0.39, 0.29) is 23.9 Å². The molecule has 0 aliphatic carbocycles. The predicted octanol–water partition coefficient (Wildman–Crippen LogP) is 4.39. The van der Waals surface area contributed by atoms with Gasteiger partial charge in [-0.05, 0) is 43.8 Å². The molecule has 156 valence electrons. The fourth-order valence-electron chi connectivity index (χ4n) is 2.83. The Morgan fingerprint density at radius 3 is 2.60 bits per heavy atom. The van der Waals surface area contributed by atoms with Gasteiger partial charge in [0, 0.05) is 11.1 Å². The molecule has 3 rings (SSSR count). The summed E-state index contributed by atoms with van der Waals surface area (Å²) in [6.45, 7) is 3.26. The molecule has 0 radical (unpaired) electrons. The topological polar surface area (TPSA) is 72.9 Å². The third-order valence-corrected chi connectivity index (χ3v) is 5.27. The third-order valence-electron chi connectivity index (χ3n) is 4.39. The molecule has 0 spiro atoms.